The zero-order chi connectivity index (χ0) is 9.19. The molecule has 0 spiro atoms. The van der Waals surface area contributed by atoms with Gasteiger partial charge in [0.1, 0.15) is 0 Å². The summed E-state index contributed by atoms with van der Waals surface area (Å²) in [6.45, 7) is 6.01. The Labute approximate surface area is 78.3 Å². The van der Waals surface area contributed by atoms with Gasteiger partial charge in [-0.2, -0.15) is 0 Å². The van der Waals surface area contributed by atoms with Crippen LogP contribution in [0.2, 0.25) is 0 Å². The van der Waals surface area contributed by atoms with Crippen molar-refractivity contribution in [2.75, 3.05) is 0 Å². The van der Waals surface area contributed by atoms with Gasteiger partial charge in [0.15, 0.2) is 0 Å². The van der Waals surface area contributed by atoms with E-state index in [0.29, 0.717) is 0 Å². The Morgan fingerprint density at radius 2 is 2.17 bits per heavy atom. The van der Waals surface area contributed by atoms with Gasteiger partial charge in [-0.05, 0) is 0 Å². The Balaban J connectivity index is 2.70. The predicted octanol–water partition coefficient (Wildman–Crippen LogP) is 1.73. The predicted molar refractivity (Wildman–Crippen MR) is 49.2 cm³/mol. The zero-order valence-electron chi connectivity index (χ0n) is 7.46. The Hall–Kier alpha value is -0.531. The SMILES string of the molecule is CC(C)(C)Oc1cc(C=O)c[se]1. The van der Waals surface area contributed by atoms with E-state index in [1.165, 1.54) is 0 Å². The van der Waals surface area contributed by atoms with E-state index in [-0.39, 0.29) is 20.1 Å². The van der Waals surface area contributed by atoms with Crippen molar-refractivity contribution in [2.24, 2.45) is 0 Å². The second-order valence-electron chi connectivity index (χ2n) is 3.53. The Morgan fingerprint density at radius 1 is 1.50 bits per heavy atom. The van der Waals surface area contributed by atoms with Crippen LogP contribution in [0, 0.1) is 0 Å². The van der Waals surface area contributed by atoms with Gasteiger partial charge in [-0.1, -0.05) is 0 Å². The maximum absolute atomic E-state index is 10.4. The van der Waals surface area contributed by atoms with Crippen molar-refractivity contribution >= 4 is 20.8 Å². The number of aldehydes is 1. The average Bonchev–Trinajstić information content (AvgIpc) is 2.32. The Morgan fingerprint density at radius 3 is 2.58 bits per heavy atom. The van der Waals surface area contributed by atoms with E-state index in [1.807, 2.05) is 31.8 Å². The zero-order valence-corrected chi connectivity index (χ0v) is 9.17. The average molecular weight is 231 g/mol. The Bertz CT molecular complexity index is 270. The summed E-state index contributed by atoms with van der Waals surface area (Å²) in [4.78, 5) is 12.3. The van der Waals surface area contributed by atoms with Crippen LogP contribution >= 0.6 is 0 Å². The molecule has 0 aliphatic rings. The van der Waals surface area contributed by atoms with E-state index in [1.54, 1.807) is 0 Å². The molecule has 0 aromatic carbocycles. The van der Waals surface area contributed by atoms with E-state index in [9.17, 15) is 4.79 Å². The molecule has 2 nitrogen and oxygen atoms in total. The van der Waals surface area contributed by atoms with Gasteiger partial charge in [-0.15, -0.1) is 0 Å². The van der Waals surface area contributed by atoms with Gasteiger partial charge in [0.05, 0.1) is 0 Å². The summed E-state index contributed by atoms with van der Waals surface area (Å²) < 4.78 is 6.55. The minimum atomic E-state index is -0.153. The fourth-order valence-corrected chi connectivity index (χ4v) is 2.59. The number of rotatable bonds is 2. The van der Waals surface area contributed by atoms with Gasteiger partial charge in [0.2, 0.25) is 0 Å². The third-order valence-corrected chi connectivity index (χ3v) is 2.87. The number of hydrogen-bond donors (Lipinski definition) is 0. The van der Waals surface area contributed by atoms with Crippen molar-refractivity contribution in [3.05, 3.63) is 16.6 Å². The van der Waals surface area contributed by atoms with Gasteiger partial charge in [0.25, 0.3) is 0 Å². The van der Waals surface area contributed by atoms with Crippen LogP contribution in [0.4, 0.5) is 0 Å². The summed E-state index contributed by atoms with van der Waals surface area (Å²) >= 11 is 0.212. The molecule has 3 heteroatoms. The van der Waals surface area contributed by atoms with Gasteiger partial charge in [-0.25, -0.2) is 0 Å². The van der Waals surface area contributed by atoms with E-state index >= 15 is 0 Å². The molecule has 0 bridgehead atoms. The second kappa shape index (κ2) is 3.46. The monoisotopic (exact) mass is 232 g/mol. The number of carbonyl (C=O) groups is 1. The Kier molecular flexibility index (Phi) is 2.76. The molecule has 1 aromatic rings. The van der Waals surface area contributed by atoms with Crippen molar-refractivity contribution in [1.29, 1.82) is 0 Å². The van der Waals surface area contributed by atoms with Gasteiger partial charge < -0.3 is 0 Å². The second-order valence-corrected chi connectivity index (χ2v) is 5.36. The van der Waals surface area contributed by atoms with Crippen molar-refractivity contribution in [2.45, 2.75) is 26.4 Å². The standard InChI is InChI=1S/C9H12O2Se/c1-9(2,3)11-8-4-7(5-10)6-12-8/h4-6H,1-3H3. The quantitative estimate of drug-likeness (QED) is 0.572. The van der Waals surface area contributed by atoms with Gasteiger partial charge >= 0.3 is 77.9 Å². The fraction of sp³-hybridized carbons (Fsp3) is 0.444. The molecule has 0 N–H and O–H groups in total. The minimum absolute atomic E-state index is 0.153. The summed E-state index contributed by atoms with van der Waals surface area (Å²) in [7, 11) is 0. The summed E-state index contributed by atoms with van der Waals surface area (Å²) in [5.74, 6) is 0. The summed E-state index contributed by atoms with van der Waals surface area (Å²) in [5, 5.41) is 0. The molecular weight excluding hydrogens is 219 g/mol. The van der Waals surface area contributed by atoms with Crippen molar-refractivity contribution in [3.8, 4) is 4.62 Å². The van der Waals surface area contributed by atoms with Crippen LogP contribution in [-0.2, 0) is 0 Å². The number of carbonyl (C=O) groups excluding carboxylic acids is 1. The van der Waals surface area contributed by atoms with E-state index < -0.39 is 0 Å². The first kappa shape index (κ1) is 9.56. The molecule has 12 heavy (non-hydrogen) atoms. The topological polar surface area (TPSA) is 26.3 Å². The molecule has 0 atom stereocenters. The summed E-state index contributed by atoms with van der Waals surface area (Å²) in [6.07, 6.45) is 0.862. The van der Waals surface area contributed by atoms with Crippen LogP contribution in [0.15, 0.2) is 11.0 Å². The molecule has 0 aliphatic heterocycles. The molecule has 0 aliphatic carbocycles. The third kappa shape index (κ3) is 2.84. The maximum atomic E-state index is 10.4. The summed E-state index contributed by atoms with van der Waals surface area (Å²) in [6, 6.07) is 1.82. The third-order valence-electron chi connectivity index (χ3n) is 1.14. The van der Waals surface area contributed by atoms with E-state index in [4.69, 9.17) is 4.74 Å². The van der Waals surface area contributed by atoms with Crippen molar-refractivity contribution < 1.29 is 9.53 Å². The normalized spacial score (nSPS) is 11.2. The van der Waals surface area contributed by atoms with Crippen LogP contribution in [-0.4, -0.2) is 26.4 Å². The van der Waals surface area contributed by atoms with Crippen LogP contribution < -0.4 is 4.74 Å². The van der Waals surface area contributed by atoms with Crippen LogP contribution in [0.3, 0.4) is 0 Å². The van der Waals surface area contributed by atoms with Gasteiger partial charge in [0, 0.05) is 0 Å². The first-order valence-electron chi connectivity index (χ1n) is 3.74. The number of hydrogen-bond acceptors (Lipinski definition) is 2. The van der Waals surface area contributed by atoms with Crippen molar-refractivity contribution in [1.82, 2.24) is 0 Å². The fourth-order valence-electron chi connectivity index (χ4n) is 0.747. The van der Waals surface area contributed by atoms with E-state index in [0.717, 1.165) is 16.5 Å². The molecule has 0 saturated carbocycles. The number of ether oxygens (including phenoxy) is 1. The first-order chi connectivity index (χ1) is 5.51. The molecule has 0 saturated heterocycles. The molecular formula is C9H12O2Se. The molecule has 0 amide bonds. The molecule has 1 heterocycles. The van der Waals surface area contributed by atoms with Crippen LogP contribution in [0.1, 0.15) is 31.1 Å². The molecule has 0 fully saturated rings. The van der Waals surface area contributed by atoms with E-state index in [2.05, 4.69) is 0 Å². The van der Waals surface area contributed by atoms with Crippen LogP contribution in [0.5, 0.6) is 4.62 Å². The first-order valence-corrected chi connectivity index (χ1v) is 5.58. The van der Waals surface area contributed by atoms with Gasteiger partial charge in [-0.3, -0.25) is 0 Å². The van der Waals surface area contributed by atoms with Crippen molar-refractivity contribution in [3.63, 3.8) is 0 Å². The summed E-state index contributed by atoms with van der Waals surface area (Å²) in [5.41, 5.74) is 0.592. The molecule has 0 unspecified atom stereocenters. The molecule has 1 rings (SSSR count). The molecule has 0 radical (unpaired) electrons. The van der Waals surface area contributed by atoms with Crippen LogP contribution in [0.25, 0.3) is 0 Å². The molecule has 1 aromatic heterocycles. The molecule has 66 valence electrons.